The number of alkyl halides is 5. The Balaban J connectivity index is 1.22. The first-order valence-corrected chi connectivity index (χ1v) is 14.8. The Hall–Kier alpha value is -4.81. The minimum atomic E-state index is -5.06. The van der Waals surface area contributed by atoms with Crippen LogP contribution >= 0.6 is 0 Å². The fourth-order valence-corrected chi connectivity index (χ4v) is 5.80. The van der Waals surface area contributed by atoms with Crippen LogP contribution in [0.4, 0.5) is 22.0 Å². The van der Waals surface area contributed by atoms with Crippen LogP contribution in [0.1, 0.15) is 70.8 Å². The number of benzene rings is 2. The Morgan fingerprint density at radius 2 is 1.65 bits per heavy atom. The van der Waals surface area contributed by atoms with Crippen molar-refractivity contribution in [2.24, 2.45) is 5.92 Å². The number of likely N-dealkylation sites (tertiary alicyclic amines) is 1. The summed E-state index contributed by atoms with van der Waals surface area (Å²) in [5.74, 6) is -1.57. The number of para-hydroxylation sites is 1. The number of rotatable bonds is 9. The molecule has 1 aliphatic heterocycles. The van der Waals surface area contributed by atoms with Gasteiger partial charge in [0.15, 0.2) is 11.5 Å². The Labute approximate surface area is 260 Å². The predicted molar refractivity (Wildman–Crippen MR) is 156 cm³/mol. The summed E-state index contributed by atoms with van der Waals surface area (Å²) < 4.78 is 76.0. The third kappa shape index (κ3) is 6.44. The number of pyridine rings is 1. The molecule has 3 heterocycles. The van der Waals surface area contributed by atoms with Crippen molar-refractivity contribution in [1.29, 1.82) is 0 Å². The minimum absolute atomic E-state index is 0.0253. The molecule has 0 spiro atoms. The number of carboxylic acids is 1. The molecule has 2 fully saturated rings. The van der Waals surface area contributed by atoms with E-state index in [9.17, 15) is 36.6 Å². The molecule has 1 saturated carbocycles. The molecule has 1 aliphatic carbocycles. The molecule has 1 N–H and O–H groups in total. The number of carboxylic acid groups (broad SMARTS) is 1. The zero-order valence-corrected chi connectivity index (χ0v) is 24.4. The normalized spacial score (nSPS) is 15.7. The number of hydrogen-bond acceptors (Lipinski definition) is 5. The number of ether oxygens (including phenoxy) is 1. The molecule has 0 atom stereocenters. The maximum Gasteiger partial charge on any atom is 0.434 e. The second-order valence-corrected chi connectivity index (χ2v) is 11.4. The minimum Gasteiger partial charge on any atom is -0.488 e. The van der Waals surface area contributed by atoms with E-state index in [-0.39, 0.29) is 41.3 Å². The van der Waals surface area contributed by atoms with Crippen LogP contribution < -0.4 is 4.74 Å². The summed E-state index contributed by atoms with van der Waals surface area (Å²) >= 11 is 0. The van der Waals surface area contributed by atoms with E-state index < -0.39 is 35.4 Å². The van der Waals surface area contributed by atoms with Gasteiger partial charge in [-0.2, -0.15) is 18.3 Å². The number of hydrogen-bond donors (Lipinski definition) is 1. The smallest absolute Gasteiger partial charge is 0.434 e. The van der Waals surface area contributed by atoms with Gasteiger partial charge in [0.25, 0.3) is 6.43 Å². The van der Waals surface area contributed by atoms with E-state index >= 15 is 0 Å². The molecule has 4 aromatic rings. The van der Waals surface area contributed by atoms with E-state index in [4.69, 9.17) is 4.74 Å². The van der Waals surface area contributed by atoms with Gasteiger partial charge in [-0.05, 0) is 67.0 Å². The average molecular weight is 641 g/mol. The van der Waals surface area contributed by atoms with Crippen molar-refractivity contribution >= 4 is 11.9 Å². The van der Waals surface area contributed by atoms with Crippen LogP contribution in [0, 0.1) is 5.92 Å². The molecule has 2 aromatic heterocycles. The maximum absolute atomic E-state index is 14.1. The highest BCUT2D eigenvalue weighted by atomic mass is 19.4. The van der Waals surface area contributed by atoms with Gasteiger partial charge in [0, 0.05) is 24.6 Å². The lowest BCUT2D eigenvalue weighted by Gasteiger charge is -2.32. The molecule has 2 aromatic carbocycles. The number of carbonyl (C=O) groups excluding carboxylic acids is 1. The van der Waals surface area contributed by atoms with E-state index in [0.29, 0.717) is 16.8 Å². The zero-order valence-electron chi connectivity index (χ0n) is 24.4. The van der Waals surface area contributed by atoms with Gasteiger partial charge in [-0.1, -0.05) is 36.4 Å². The first-order chi connectivity index (χ1) is 22.0. The van der Waals surface area contributed by atoms with Gasteiger partial charge in [0.2, 0.25) is 5.91 Å². The van der Waals surface area contributed by atoms with Gasteiger partial charge < -0.3 is 14.7 Å². The molecular formula is C33H29F5N4O4. The van der Waals surface area contributed by atoms with Gasteiger partial charge in [-0.15, -0.1) is 0 Å². The highest BCUT2D eigenvalue weighted by Gasteiger charge is 2.41. The van der Waals surface area contributed by atoms with Crippen LogP contribution in [0.25, 0.3) is 17.1 Å². The predicted octanol–water partition coefficient (Wildman–Crippen LogP) is 7.28. The first-order valence-electron chi connectivity index (χ1n) is 14.8. The number of carbonyl (C=O) groups is 2. The van der Waals surface area contributed by atoms with Crippen molar-refractivity contribution in [2.45, 2.75) is 50.8 Å². The topological polar surface area (TPSA) is 97.5 Å². The Kier molecular flexibility index (Phi) is 8.49. The molecule has 240 valence electrons. The van der Waals surface area contributed by atoms with Crippen molar-refractivity contribution in [3.8, 4) is 22.8 Å². The zero-order chi connectivity index (χ0) is 32.6. The van der Waals surface area contributed by atoms with Gasteiger partial charge >= 0.3 is 12.1 Å². The third-order valence-corrected chi connectivity index (χ3v) is 8.34. The molecule has 6 rings (SSSR count). The Morgan fingerprint density at radius 3 is 2.28 bits per heavy atom. The highest BCUT2D eigenvalue weighted by Crippen LogP contribution is 2.39. The molecular weight excluding hydrogens is 611 g/mol. The van der Waals surface area contributed by atoms with Crippen LogP contribution in [0.3, 0.4) is 0 Å². The Morgan fingerprint density at radius 1 is 0.957 bits per heavy atom. The van der Waals surface area contributed by atoms with Crippen LogP contribution in [0.5, 0.6) is 5.75 Å². The van der Waals surface area contributed by atoms with E-state index in [1.807, 2.05) is 29.2 Å². The summed E-state index contributed by atoms with van der Waals surface area (Å²) in [5.41, 5.74) is -1.02. The summed E-state index contributed by atoms with van der Waals surface area (Å²) in [6.07, 6.45) is -3.70. The summed E-state index contributed by atoms with van der Waals surface area (Å²) in [5, 5.41) is 12.8. The van der Waals surface area contributed by atoms with Crippen molar-refractivity contribution in [2.75, 3.05) is 13.1 Å². The lowest BCUT2D eigenvalue weighted by Crippen LogP contribution is -2.38. The summed E-state index contributed by atoms with van der Waals surface area (Å²) in [6, 6.07) is 15.7. The highest BCUT2D eigenvalue weighted by molar-refractivity contribution is 5.89. The third-order valence-electron chi connectivity index (χ3n) is 8.34. The number of halogens is 5. The van der Waals surface area contributed by atoms with Crippen molar-refractivity contribution in [3.63, 3.8) is 0 Å². The molecule has 0 unspecified atom stereocenters. The summed E-state index contributed by atoms with van der Waals surface area (Å²) in [6.45, 7) is 1.39. The Bertz CT molecular complexity index is 1740. The number of amides is 1. The van der Waals surface area contributed by atoms with E-state index in [1.54, 1.807) is 0 Å². The molecule has 1 saturated heterocycles. The van der Waals surface area contributed by atoms with Crippen LogP contribution in [-0.4, -0.2) is 49.7 Å². The number of piperidine rings is 1. The van der Waals surface area contributed by atoms with Gasteiger partial charge in [-0.3, -0.25) is 4.79 Å². The second kappa shape index (κ2) is 12.5. The van der Waals surface area contributed by atoms with Crippen LogP contribution in [0.2, 0.25) is 0 Å². The van der Waals surface area contributed by atoms with Crippen molar-refractivity contribution < 1.29 is 41.4 Å². The summed E-state index contributed by atoms with van der Waals surface area (Å²) in [4.78, 5) is 30.0. The second-order valence-electron chi connectivity index (χ2n) is 11.4. The van der Waals surface area contributed by atoms with Crippen molar-refractivity contribution in [1.82, 2.24) is 19.7 Å². The van der Waals surface area contributed by atoms with Gasteiger partial charge in [-0.25, -0.2) is 23.2 Å². The fraction of sp³-hybridized carbons (Fsp3) is 0.333. The lowest BCUT2D eigenvalue weighted by atomic mass is 9.89. The number of aromatic carboxylic acids is 1. The quantitative estimate of drug-likeness (QED) is 0.193. The van der Waals surface area contributed by atoms with Crippen LogP contribution in [0.15, 0.2) is 66.9 Å². The van der Waals surface area contributed by atoms with E-state index in [1.165, 1.54) is 36.4 Å². The maximum atomic E-state index is 14.1. The molecule has 8 nitrogen and oxygen atoms in total. The molecule has 2 aliphatic rings. The molecule has 0 radical (unpaired) electrons. The standard InChI is InChI=1S/C33H29F5N4O4/c34-30(35)24-4-1-3-23(26-5-2-6-27(40-26)42-29(33(36,37)38)25(17-39-42)32(44)45)28(24)46-18-19-7-9-20(10-8-19)21-13-15-41(16-14-21)31(43)22-11-12-22/h1-10,17,21-22,30H,11-16,18H2,(H,44,45). The lowest BCUT2D eigenvalue weighted by molar-refractivity contribution is -0.143. The largest absolute Gasteiger partial charge is 0.488 e. The van der Waals surface area contributed by atoms with E-state index in [0.717, 1.165) is 49.9 Å². The number of aromatic nitrogens is 3. The summed E-state index contributed by atoms with van der Waals surface area (Å²) in [7, 11) is 0. The first kappa shape index (κ1) is 31.2. The molecule has 0 bridgehead atoms. The van der Waals surface area contributed by atoms with Gasteiger partial charge in [0.1, 0.15) is 17.9 Å². The van der Waals surface area contributed by atoms with Gasteiger partial charge in [0.05, 0.1) is 17.5 Å². The SMILES string of the molecule is O=C(O)c1cnn(-c2cccc(-c3cccc(C(F)F)c3OCc3ccc(C4CCN(C(=O)C5CC5)CC4)cc3)n2)c1C(F)(F)F. The molecule has 13 heteroatoms. The fourth-order valence-electron chi connectivity index (χ4n) is 5.80. The van der Waals surface area contributed by atoms with Crippen LogP contribution in [-0.2, 0) is 17.6 Å². The van der Waals surface area contributed by atoms with Crippen molar-refractivity contribution in [3.05, 3.63) is 94.8 Å². The molecule has 1 amide bonds. The molecule has 46 heavy (non-hydrogen) atoms. The van der Waals surface area contributed by atoms with E-state index in [2.05, 4.69) is 10.1 Å². The number of nitrogens with zero attached hydrogens (tertiary/aromatic N) is 4. The average Bonchev–Trinajstić information content (AvgIpc) is 3.79. The monoisotopic (exact) mass is 640 g/mol.